The lowest BCUT2D eigenvalue weighted by Gasteiger charge is -2.44. The van der Waals surface area contributed by atoms with E-state index in [-0.39, 0.29) is 6.10 Å². The maximum Gasteiger partial charge on any atom is 0.0695 e. The van der Waals surface area contributed by atoms with Crippen LogP contribution in [0.25, 0.3) is 0 Å². The van der Waals surface area contributed by atoms with Crippen molar-refractivity contribution in [3.05, 3.63) is 35.9 Å². The summed E-state index contributed by atoms with van der Waals surface area (Å²) in [6.07, 6.45) is 3.03. The van der Waals surface area contributed by atoms with Crippen LogP contribution in [0, 0.1) is 0 Å². The number of piperazine rings is 1. The van der Waals surface area contributed by atoms with E-state index < -0.39 is 0 Å². The molecular weight excluding hydrogens is 260 g/mol. The summed E-state index contributed by atoms with van der Waals surface area (Å²) in [7, 11) is 0. The van der Waals surface area contributed by atoms with Crippen molar-refractivity contribution >= 4 is 0 Å². The van der Waals surface area contributed by atoms with Gasteiger partial charge in [0.05, 0.1) is 6.10 Å². The zero-order valence-corrected chi connectivity index (χ0v) is 13.1. The summed E-state index contributed by atoms with van der Waals surface area (Å²) in [4.78, 5) is 5.03. The Kier molecular flexibility index (Phi) is 4.94. The molecule has 2 aliphatic rings. The first-order valence-electron chi connectivity index (χ1n) is 8.47. The first-order chi connectivity index (χ1) is 10.3. The smallest absolute Gasteiger partial charge is 0.0695 e. The lowest BCUT2D eigenvalue weighted by atomic mass is 9.79. The summed E-state index contributed by atoms with van der Waals surface area (Å²) >= 11 is 0. The van der Waals surface area contributed by atoms with Crippen LogP contribution in [0.15, 0.2) is 30.3 Å². The summed E-state index contributed by atoms with van der Waals surface area (Å²) in [6, 6.07) is 11.2. The minimum atomic E-state index is -0.141. The highest BCUT2D eigenvalue weighted by Crippen LogP contribution is 2.35. The highest BCUT2D eigenvalue weighted by Gasteiger charge is 2.34. The fourth-order valence-electron chi connectivity index (χ4n) is 3.96. The molecule has 1 saturated carbocycles. The predicted octanol–water partition coefficient (Wildman–Crippen LogP) is 2.32. The largest absolute Gasteiger partial charge is 0.391 e. The Labute approximate surface area is 128 Å². The van der Waals surface area contributed by atoms with Crippen molar-refractivity contribution in [2.75, 3.05) is 32.7 Å². The van der Waals surface area contributed by atoms with Gasteiger partial charge < -0.3 is 10.0 Å². The molecule has 1 aromatic carbocycles. The Morgan fingerprint density at radius 3 is 2.43 bits per heavy atom. The molecule has 1 heterocycles. The van der Waals surface area contributed by atoms with Gasteiger partial charge in [0.1, 0.15) is 0 Å². The van der Waals surface area contributed by atoms with E-state index in [9.17, 15) is 5.11 Å². The van der Waals surface area contributed by atoms with E-state index in [1.807, 2.05) is 0 Å². The van der Waals surface area contributed by atoms with Crippen LogP contribution in [0.4, 0.5) is 0 Å². The Bertz CT molecular complexity index is 428. The van der Waals surface area contributed by atoms with Gasteiger partial charge in [-0.25, -0.2) is 0 Å². The van der Waals surface area contributed by atoms with Crippen molar-refractivity contribution in [2.24, 2.45) is 0 Å². The molecule has 1 aliphatic carbocycles. The number of hydrogen-bond acceptors (Lipinski definition) is 3. The third-order valence-electron chi connectivity index (χ3n) is 5.38. The van der Waals surface area contributed by atoms with Crippen LogP contribution in [0.3, 0.4) is 0 Å². The van der Waals surface area contributed by atoms with Crippen LogP contribution >= 0.6 is 0 Å². The van der Waals surface area contributed by atoms with Crippen LogP contribution in [0.2, 0.25) is 0 Å². The quantitative estimate of drug-likeness (QED) is 0.925. The van der Waals surface area contributed by atoms with Gasteiger partial charge in [-0.05, 0) is 37.3 Å². The van der Waals surface area contributed by atoms with Crippen molar-refractivity contribution in [3.63, 3.8) is 0 Å². The minimum Gasteiger partial charge on any atom is -0.391 e. The maximum atomic E-state index is 10.5. The number of benzene rings is 1. The van der Waals surface area contributed by atoms with Crippen LogP contribution in [0.5, 0.6) is 0 Å². The zero-order chi connectivity index (χ0) is 14.7. The Morgan fingerprint density at radius 1 is 1.05 bits per heavy atom. The zero-order valence-electron chi connectivity index (χ0n) is 13.1. The first kappa shape index (κ1) is 15.0. The van der Waals surface area contributed by atoms with Crippen molar-refractivity contribution in [1.29, 1.82) is 0 Å². The lowest BCUT2D eigenvalue weighted by Crippen LogP contribution is -2.55. The van der Waals surface area contributed by atoms with Crippen LogP contribution in [-0.2, 0) is 0 Å². The second-order valence-corrected chi connectivity index (χ2v) is 6.53. The highest BCUT2D eigenvalue weighted by molar-refractivity contribution is 5.20. The predicted molar refractivity (Wildman–Crippen MR) is 86.5 cm³/mol. The molecule has 1 N–H and O–H groups in total. The average Bonchev–Trinajstić information content (AvgIpc) is 2.56. The Balaban J connectivity index is 1.64. The molecule has 0 spiro atoms. The fourth-order valence-corrected chi connectivity index (χ4v) is 3.96. The third kappa shape index (κ3) is 3.47. The molecule has 3 unspecified atom stereocenters. The van der Waals surface area contributed by atoms with Gasteiger partial charge >= 0.3 is 0 Å². The van der Waals surface area contributed by atoms with Gasteiger partial charge in [0.2, 0.25) is 0 Å². The van der Waals surface area contributed by atoms with Crippen LogP contribution < -0.4 is 0 Å². The summed E-state index contributed by atoms with van der Waals surface area (Å²) in [5, 5.41) is 10.5. The van der Waals surface area contributed by atoms with Gasteiger partial charge in [0.15, 0.2) is 0 Å². The normalized spacial score (nSPS) is 32.2. The molecule has 1 saturated heterocycles. The topological polar surface area (TPSA) is 26.7 Å². The number of nitrogens with zero attached hydrogens (tertiary/aromatic N) is 2. The standard InChI is InChI=1S/C18H28N2O/c1-2-19-10-12-20(13-11-19)17-14-16(8-9-18(17)21)15-6-4-3-5-7-15/h3-7,16-18,21H,2,8-14H2,1H3. The first-order valence-corrected chi connectivity index (χ1v) is 8.47. The van der Waals surface area contributed by atoms with Crippen molar-refractivity contribution in [1.82, 2.24) is 9.80 Å². The number of hydrogen-bond donors (Lipinski definition) is 1. The SMILES string of the molecule is CCN1CCN(C2CC(c3ccccc3)CCC2O)CC1. The maximum absolute atomic E-state index is 10.5. The van der Waals surface area contributed by atoms with Gasteiger partial charge in [-0.3, -0.25) is 4.90 Å². The van der Waals surface area contributed by atoms with Crippen molar-refractivity contribution < 1.29 is 5.11 Å². The minimum absolute atomic E-state index is 0.141. The average molecular weight is 288 g/mol. The molecule has 1 aliphatic heterocycles. The molecule has 1 aromatic rings. The van der Waals surface area contributed by atoms with Crippen LogP contribution in [0.1, 0.15) is 37.7 Å². The third-order valence-corrected chi connectivity index (χ3v) is 5.38. The summed E-state index contributed by atoms with van der Waals surface area (Å²) in [6.45, 7) is 7.89. The number of likely N-dealkylation sites (N-methyl/N-ethyl adjacent to an activating group) is 1. The van der Waals surface area contributed by atoms with Gasteiger partial charge in [0, 0.05) is 32.2 Å². The fraction of sp³-hybridized carbons (Fsp3) is 0.667. The van der Waals surface area contributed by atoms with Gasteiger partial charge in [-0.2, -0.15) is 0 Å². The molecule has 0 aromatic heterocycles. The molecule has 3 rings (SSSR count). The Morgan fingerprint density at radius 2 is 1.76 bits per heavy atom. The molecule has 0 radical (unpaired) electrons. The molecule has 0 bridgehead atoms. The summed E-state index contributed by atoms with van der Waals surface area (Å²) < 4.78 is 0. The molecule has 0 amide bonds. The second-order valence-electron chi connectivity index (χ2n) is 6.53. The van der Waals surface area contributed by atoms with E-state index >= 15 is 0 Å². The van der Waals surface area contributed by atoms with E-state index in [1.165, 1.54) is 5.56 Å². The molecule has 3 nitrogen and oxygen atoms in total. The number of rotatable bonds is 3. The highest BCUT2D eigenvalue weighted by atomic mass is 16.3. The van der Waals surface area contributed by atoms with Crippen molar-refractivity contribution in [2.45, 2.75) is 44.2 Å². The second kappa shape index (κ2) is 6.91. The van der Waals surface area contributed by atoms with E-state index in [2.05, 4.69) is 47.1 Å². The monoisotopic (exact) mass is 288 g/mol. The molecule has 3 heteroatoms. The van der Waals surface area contributed by atoms with Gasteiger partial charge in [-0.15, -0.1) is 0 Å². The molecule has 3 atom stereocenters. The Hall–Kier alpha value is -0.900. The summed E-state index contributed by atoms with van der Waals surface area (Å²) in [5.74, 6) is 0.615. The summed E-state index contributed by atoms with van der Waals surface area (Å²) in [5.41, 5.74) is 1.45. The van der Waals surface area contributed by atoms with Crippen LogP contribution in [-0.4, -0.2) is 59.8 Å². The molecule has 2 fully saturated rings. The van der Waals surface area contributed by atoms with E-state index in [1.54, 1.807) is 0 Å². The molecule has 21 heavy (non-hydrogen) atoms. The van der Waals surface area contributed by atoms with E-state index in [4.69, 9.17) is 0 Å². The van der Waals surface area contributed by atoms with E-state index in [0.717, 1.165) is 52.0 Å². The number of aliphatic hydroxyl groups is 1. The van der Waals surface area contributed by atoms with Gasteiger partial charge in [0.25, 0.3) is 0 Å². The lowest BCUT2D eigenvalue weighted by molar-refractivity contribution is -0.00781. The molecule has 116 valence electrons. The number of aliphatic hydroxyl groups excluding tert-OH is 1. The van der Waals surface area contributed by atoms with Crippen molar-refractivity contribution in [3.8, 4) is 0 Å². The van der Waals surface area contributed by atoms with Gasteiger partial charge in [-0.1, -0.05) is 37.3 Å². The molecular formula is C18H28N2O. The van der Waals surface area contributed by atoms with E-state index in [0.29, 0.717) is 12.0 Å².